The number of benzene rings is 11. The van der Waals surface area contributed by atoms with Crippen LogP contribution in [0.15, 0.2) is 231 Å². The van der Waals surface area contributed by atoms with Crippen molar-refractivity contribution >= 4 is 71.9 Å². The molecule has 0 N–H and O–H groups in total. The summed E-state index contributed by atoms with van der Waals surface area (Å²) in [7, 11) is -2.80. The molecule has 1 aliphatic heterocycles. The van der Waals surface area contributed by atoms with Crippen LogP contribution < -0.4 is 25.5 Å². The van der Waals surface area contributed by atoms with Crippen LogP contribution in [-0.4, -0.2) is 8.07 Å². The molecule has 0 aromatic heterocycles. The SMILES string of the molecule is c1ccc([Si](c2ccccc2)(c2ccccc2)c2ccc3c4c(cccc24)Oc2cc(-c4c5ccccc5c(-c5cccc6ccccc56)c5ccccc45)ccc2-3)cc1. The second-order valence-corrected chi connectivity index (χ2v) is 19.6. The van der Waals surface area contributed by atoms with Gasteiger partial charge in [-0.2, -0.15) is 0 Å². The van der Waals surface area contributed by atoms with Crippen LogP contribution in [0, 0.1) is 0 Å². The van der Waals surface area contributed by atoms with E-state index in [2.05, 4.69) is 231 Å². The first-order valence-corrected chi connectivity index (χ1v) is 22.8. The van der Waals surface area contributed by atoms with Crippen molar-refractivity contribution in [3.8, 4) is 44.9 Å². The van der Waals surface area contributed by atoms with Crippen LogP contribution in [0.4, 0.5) is 0 Å². The molecule has 0 unspecified atom stereocenters. The first kappa shape index (κ1) is 34.5. The monoisotopic (exact) mass is 778 g/mol. The van der Waals surface area contributed by atoms with E-state index in [1.54, 1.807) is 0 Å². The summed E-state index contributed by atoms with van der Waals surface area (Å²) < 4.78 is 7.08. The zero-order chi connectivity index (χ0) is 39.6. The normalized spacial score (nSPS) is 12.1. The van der Waals surface area contributed by atoms with E-state index in [4.69, 9.17) is 4.74 Å². The molecule has 280 valence electrons. The number of hydrogen-bond acceptors (Lipinski definition) is 1. The number of hydrogen-bond donors (Lipinski definition) is 0. The lowest BCUT2D eigenvalue weighted by atomic mass is 9.84. The van der Waals surface area contributed by atoms with Crippen molar-refractivity contribution in [3.63, 3.8) is 0 Å². The Labute approximate surface area is 350 Å². The van der Waals surface area contributed by atoms with Crippen molar-refractivity contribution in [1.29, 1.82) is 0 Å². The van der Waals surface area contributed by atoms with Gasteiger partial charge >= 0.3 is 0 Å². The maximum atomic E-state index is 7.08. The molecule has 0 saturated heterocycles. The molecule has 1 heterocycles. The van der Waals surface area contributed by atoms with Crippen LogP contribution in [0.1, 0.15) is 0 Å². The molecular weight excluding hydrogens is 741 g/mol. The molecule has 12 rings (SSSR count). The van der Waals surface area contributed by atoms with E-state index in [1.807, 2.05) is 0 Å². The van der Waals surface area contributed by atoms with Crippen molar-refractivity contribution in [2.24, 2.45) is 0 Å². The summed E-state index contributed by atoms with van der Waals surface area (Å²) in [5.74, 6) is 1.77. The third kappa shape index (κ3) is 5.11. The largest absolute Gasteiger partial charge is 0.456 e. The Kier molecular flexibility index (Phi) is 7.94. The minimum atomic E-state index is -2.80. The van der Waals surface area contributed by atoms with E-state index in [0.717, 1.165) is 22.6 Å². The molecule has 0 spiro atoms. The fraction of sp³-hybridized carbons (Fsp3) is 0. The summed E-state index contributed by atoms with van der Waals surface area (Å²) in [4.78, 5) is 0. The molecular formula is C58H38OSi. The van der Waals surface area contributed by atoms with Crippen molar-refractivity contribution in [1.82, 2.24) is 0 Å². The molecule has 0 bridgehead atoms. The highest BCUT2D eigenvalue weighted by Gasteiger charge is 2.43. The van der Waals surface area contributed by atoms with Gasteiger partial charge in [-0.15, -0.1) is 0 Å². The Morgan fingerprint density at radius 2 is 0.783 bits per heavy atom. The second kappa shape index (κ2) is 13.8. The summed E-state index contributed by atoms with van der Waals surface area (Å²) in [6, 6.07) is 85.0. The molecule has 0 fully saturated rings. The van der Waals surface area contributed by atoms with Crippen LogP contribution >= 0.6 is 0 Å². The van der Waals surface area contributed by atoms with Gasteiger partial charge in [0.15, 0.2) is 8.07 Å². The van der Waals surface area contributed by atoms with Gasteiger partial charge in [0.1, 0.15) is 11.5 Å². The molecule has 0 saturated carbocycles. The van der Waals surface area contributed by atoms with Crippen LogP contribution in [0.25, 0.3) is 76.5 Å². The molecule has 1 aliphatic rings. The highest BCUT2D eigenvalue weighted by atomic mass is 28.3. The lowest BCUT2D eigenvalue weighted by molar-refractivity contribution is 0.487. The van der Waals surface area contributed by atoms with E-state index in [9.17, 15) is 0 Å². The fourth-order valence-electron chi connectivity index (χ4n) is 10.3. The third-order valence-electron chi connectivity index (χ3n) is 12.8. The highest BCUT2D eigenvalue weighted by molar-refractivity contribution is 7.20. The molecule has 11 aromatic rings. The van der Waals surface area contributed by atoms with Crippen molar-refractivity contribution < 1.29 is 4.74 Å². The molecule has 1 nitrogen and oxygen atoms in total. The van der Waals surface area contributed by atoms with E-state index in [-0.39, 0.29) is 0 Å². The maximum Gasteiger partial charge on any atom is 0.180 e. The molecule has 0 radical (unpaired) electrons. The lowest BCUT2D eigenvalue weighted by Gasteiger charge is -2.36. The van der Waals surface area contributed by atoms with E-state index < -0.39 is 8.07 Å². The minimum Gasteiger partial charge on any atom is -0.456 e. The Morgan fingerprint density at radius 1 is 0.300 bits per heavy atom. The molecule has 11 aromatic carbocycles. The summed E-state index contributed by atoms with van der Waals surface area (Å²) >= 11 is 0. The van der Waals surface area contributed by atoms with Gasteiger partial charge in [0.05, 0.1) is 0 Å². The standard InChI is InChI=1S/C58H38OSi/c1-4-20-41(21-5-1)60(42-22-6-2-7-23-42,43-24-8-3-9-25-43)55-37-36-51-45-35-34-40(38-54(45)59-53-33-17-32-52(55)58(51)53)56-47-27-12-14-29-49(47)57(50-30-15-13-28-48(50)56)46-31-16-19-39-18-10-11-26-44(39)46/h1-38H. The molecule has 60 heavy (non-hydrogen) atoms. The Morgan fingerprint density at radius 3 is 1.40 bits per heavy atom. The van der Waals surface area contributed by atoms with Crippen molar-refractivity contribution in [2.75, 3.05) is 0 Å². The molecule has 0 aliphatic carbocycles. The van der Waals surface area contributed by atoms with Gasteiger partial charge in [-0.25, -0.2) is 0 Å². The van der Waals surface area contributed by atoms with Gasteiger partial charge in [-0.05, 0) is 104 Å². The number of rotatable bonds is 6. The fourth-order valence-corrected chi connectivity index (χ4v) is 15.3. The van der Waals surface area contributed by atoms with Crippen LogP contribution in [-0.2, 0) is 0 Å². The molecule has 0 atom stereocenters. The zero-order valence-corrected chi connectivity index (χ0v) is 33.8. The lowest BCUT2D eigenvalue weighted by Crippen LogP contribution is -2.74. The Balaban J connectivity index is 1.08. The Hall–Kier alpha value is -7.52. The van der Waals surface area contributed by atoms with Crippen molar-refractivity contribution in [2.45, 2.75) is 0 Å². The maximum absolute atomic E-state index is 7.08. The second-order valence-electron chi connectivity index (χ2n) is 15.9. The summed E-state index contributed by atoms with van der Waals surface area (Å²) in [5.41, 5.74) is 7.20. The van der Waals surface area contributed by atoms with Gasteiger partial charge in [-0.1, -0.05) is 212 Å². The van der Waals surface area contributed by atoms with E-state index >= 15 is 0 Å². The van der Waals surface area contributed by atoms with E-state index in [0.29, 0.717) is 0 Å². The Bertz CT molecular complexity index is 3290. The number of fused-ring (bicyclic) bond motifs is 5. The first-order chi connectivity index (χ1) is 29.8. The molecule has 2 heteroatoms. The van der Waals surface area contributed by atoms with Gasteiger partial charge in [0, 0.05) is 10.9 Å². The average molecular weight is 779 g/mol. The summed E-state index contributed by atoms with van der Waals surface area (Å²) in [5, 5.41) is 15.3. The van der Waals surface area contributed by atoms with Gasteiger partial charge in [0.25, 0.3) is 0 Å². The van der Waals surface area contributed by atoms with E-state index in [1.165, 1.54) is 86.1 Å². The number of ether oxygens (including phenoxy) is 1. The topological polar surface area (TPSA) is 9.23 Å². The van der Waals surface area contributed by atoms with Gasteiger partial charge < -0.3 is 4.74 Å². The van der Waals surface area contributed by atoms with Crippen LogP contribution in [0.3, 0.4) is 0 Å². The summed E-state index contributed by atoms with van der Waals surface area (Å²) in [6.45, 7) is 0. The third-order valence-corrected chi connectivity index (χ3v) is 17.6. The smallest absolute Gasteiger partial charge is 0.180 e. The minimum absolute atomic E-state index is 0.879. The summed E-state index contributed by atoms with van der Waals surface area (Å²) in [6.07, 6.45) is 0. The van der Waals surface area contributed by atoms with Crippen molar-refractivity contribution in [3.05, 3.63) is 231 Å². The van der Waals surface area contributed by atoms with Gasteiger partial charge in [0.2, 0.25) is 0 Å². The highest BCUT2D eigenvalue weighted by Crippen LogP contribution is 2.50. The zero-order valence-electron chi connectivity index (χ0n) is 32.8. The average Bonchev–Trinajstić information content (AvgIpc) is 3.32. The van der Waals surface area contributed by atoms with Crippen LogP contribution in [0.5, 0.6) is 11.5 Å². The van der Waals surface area contributed by atoms with Gasteiger partial charge in [-0.3, -0.25) is 0 Å². The molecule has 0 amide bonds. The van der Waals surface area contributed by atoms with Crippen LogP contribution in [0.2, 0.25) is 0 Å². The first-order valence-electron chi connectivity index (χ1n) is 20.8. The predicted octanol–water partition coefficient (Wildman–Crippen LogP) is 12.8. The predicted molar refractivity (Wildman–Crippen MR) is 256 cm³/mol. The quantitative estimate of drug-likeness (QED) is 0.0928.